The van der Waals surface area contributed by atoms with Crippen LogP contribution in [0, 0.1) is 3.57 Å². The largest absolute Gasteiger partial charge is 0.481 e. The summed E-state index contributed by atoms with van der Waals surface area (Å²) in [5.74, 6) is 1.22. The third kappa shape index (κ3) is 3.52. The molecular formula is C11H11IN4O. The predicted molar refractivity (Wildman–Crippen MR) is 72.9 cm³/mol. The predicted octanol–water partition coefficient (Wildman–Crippen LogP) is 2.10. The van der Waals surface area contributed by atoms with Gasteiger partial charge in [0.25, 0.3) is 0 Å². The van der Waals surface area contributed by atoms with Crippen molar-refractivity contribution in [3.63, 3.8) is 0 Å². The molecular weight excluding hydrogens is 331 g/mol. The van der Waals surface area contributed by atoms with Crippen LogP contribution < -0.4 is 10.1 Å². The van der Waals surface area contributed by atoms with Crippen molar-refractivity contribution in [2.24, 2.45) is 0 Å². The molecule has 0 atom stereocenters. The van der Waals surface area contributed by atoms with Gasteiger partial charge in [0.05, 0.1) is 7.11 Å². The monoisotopic (exact) mass is 342 g/mol. The van der Waals surface area contributed by atoms with Crippen LogP contribution in [-0.2, 0) is 6.54 Å². The molecule has 0 saturated heterocycles. The zero-order valence-corrected chi connectivity index (χ0v) is 11.4. The number of methoxy groups -OCH3 is 1. The Kier molecular flexibility index (Phi) is 4.08. The van der Waals surface area contributed by atoms with Crippen molar-refractivity contribution >= 4 is 28.5 Å². The van der Waals surface area contributed by atoms with Crippen molar-refractivity contribution in [3.8, 4) is 5.88 Å². The van der Waals surface area contributed by atoms with Crippen molar-refractivity contribution in [3.05, 3.63) is 39.9 Å². The van der Waals surface area contributed by atoms with Crippen LogP contribution in [0.1, 0.15) is 5.56 Å². The van der Waals surface area contributed by atoms with E-state index in [4.69, 9.17) is 4.74 Å². The minimum Gasteiger partial charge on any atom is -0.481 e. The van der Waals surface area contributed by atoms with Gasteiger partial charge in [0, 0.05) is 34.8 Å². The van der Waals surface area contributed by atoms with E-state index in [0.717, 1.165) is 9.13 Å². The molecule has 2 aromatic heterocycles. The maximum Gasteiger partial charge on any atom is 0.222 e. The lowest BCUT2D eigenvalue weighted by molar-refractivity contribution is 0.397. The molecule has 0 spiro atoms. The Bertz CT molecular complexity index is 472. The van der Waals surface area contributed by atoms with Crippen LogP contribution in [0.5, 0.6) is 5.88 Å². The number of nitrogens with zero attached hydrogens (tertiary/aromatic N) is 3. The van der Waals surface area contributed by atoms with E-state index in [1.165, 1.54) is 0 Å². The first kappa shape index (κ1) is 12.0. The Morgan fingerprint density at radius 2 is 1.94 bits per heavy atom. The van der Waals surface area contributed by atoms with E-state index in [2.05, 4.69) is 42.9 Å². The van der Waals surface area contributed by atoms with E-state index in [1.807, 2.05) is 12.1 Å². The molecule has 88 valence electrons. The van der Waals surface area contributed by atoms with E-state index in [9.17, 15) is 0 Å². The van der Waals surface area contributed by atoms with Gasteiger partial charge in [0.15, 0.2) is 0 Å². The highest BCUT2D eigenvalue weighted by atomic mass is 127. The van der Waals surface area contributed by atoms with Gasteiger partial charge in [-0.15, -0.1) is 0 Å². The summed E-state index contributed by atoms with van der Waals surface area (Å²) in [6.45, 7) is 0.636. The van der Waals surface area contributed by atoms with E-state index in [1.54, 1.807) is 25.7 Å². The second-order valence-corrected chi connectivity index (χ2v) is 4.53. The number of hydrogen-bond acceptors (Lipinski definition) is 5. The highest BCUT2D eigenvalue weighted by Crippen LogP contribution is 2.08. The fourth-order valence-electron chi connectivity index (χ4n) is 1.22. The van der Waals surface area contributed by atoms with Gasteiger partial charge in [-0.05, 0) is 28.2 Å². The molecule has 2 heterocycles. The summed E-state index contributed by atoms with van der Waals surface area (Å²) < 4.78 is 6.00. The summed E-state index contributed by atoms with van der Waals surface area (Å²) in [5.41, 5.74) is 1.05. The van der Waals surface area contributed by atoms with E-state index < -0.39 is 0 Å². The third-order valence-electron chi connectivity index (χ3n) is 2.08. The van der Waals surface area contributed by atoms with Crippen LogP contribution in [0.15, 0.2) is 30.7 Å². The van der Waals surface area contributed by atoms with Crippen molar-refractivity contribution < 1.29 is 4.74 Å². The minimum absolute atomic E-state index is 0.610. The first-order valence-corrected chi connectivity index (χ1v) is 6.06. The van der Waals surface area contributed by atoms with Crippen LogP contribution in [0.25, 0.3) is 0 Å². The first-order valence-electron chi connectivity index (χ1n) is 4.98. The van der Waals surface area contributed by atoms with E-state index >= 15 is 0 Å². The number of rotatable bonds is 4. The summed E-state index contributed by atoms with van der Waals surface area (Å²) in [4.78, 5) is 12.4. The number of pyridine rings is 1. The summed E-state index contributed by atoms with van der Waals surface area (Å²) in [5, 5.41) is 3.12. The molecule has 0 aliphatic rings. The molecule has 0 aromatic carbocycles. The van der Waals surface area contributed by atoms with Crippen molar-refractivity contribution in [2.75, 3.05) is 12.4 Å². The fourth-order valence-corrected chi connectivity index (χ4v) is 1.50. The maximum atomic E-state index is 4.99. The Morgan fingerprint density at radius 1 is 1.18 bits per heavy atom. The Labute approximate surface area is 113 Å². The van der Waals surface area contributed by atoms with Gasteiger partial charge in [-0.3, -0.25) is 0 Å². The number of hydrogen-bond donors (Lipinski definition) is 1. The second-order valence-electron chi connectivity index (χ2n) is 3.29. The smallest absolute Gasteiger partial charge is 0.222 e. The summed E-state index contributed by atoms with van der Waals surface area (Å²) in [6, 6.07) is 3.78. The molecule has 17 heavy (non-hydrogen) atoms. The molecule has 2 aromatic rings. The van der Waals surface area contributed by atoms with Crippen LogP contribution >= 0.6 is 22.6 Å². The highest BCUT2D eigenvalue weighted by molar-refractivity contribution is 14.1. The molecule has 5 nitrogen and oxygen atoms in total. The molecule has 0 bridgehead atoms. The van der Waals surface area contributed by atoms with Crippen LogP contribution in [0.4, 0.5) is 5.95 Å². The molecule has 1 N–H and O–H groups in total. The lowest BCUT2D eigenvalue weighted by Crippen LogP contribution is -2.03. The van der Waals surface area contributed by atoms with Crippen LogP contribution in [0.2, 0.25) is 0 Å². The summed E-state index contributed by atoms with van der Waals surface area (Å²) in [6.07, 6.45) is 5.29. The summed E-state index contributed by atoms with van der Waals surface area (Å²) >= 11 is 2.17. The minimum atomic E-state index is 0.610. The molecule has 0 saturated carbocycles. The Morgan fingerprint density at radius 3 is 2.53 bits per heavy atom. The quantitative estimate of drug-likeness (QED) is 0.863. The maximum absolute atomic E-state index is 4.99. The van der Waals surface area contributed by atoms with Gasteiger partial charge in [-0.25, -0.2) is 15.0 Å². The average molecular weight is 342 g/mol. The normalized spacial score (nSPS) is 10.0. The first-order chi connectivity index (χ1) is 8.28. The van der Waals surface area contributed by atoms with Gasteiger partial charge in [0.2, 0.25) is 11.8 Å². The summed E-state index contributed by atoms with van der Waals surface area (Å²) in [7, 11) is 1.60. The lowest BCUT2D eigenvalue weighted by atomic mass is 10.3. The van der Waals surface area contributed by atoms with Gasteiger partial charge in [0.1, 0.15) is 0 Å². The Hall–Kier alpha value is -1.44. The standard InChI is InChI=1S/C11H11IN4O/c1-17-10-3-2-8(4-13-10)5-14-11-15-6-9(12)7-16-11/h2-4,6-7H,5H2,1H3,(H,14,15,16). The molecule has 2 rings (SSSR count). The van der Waals surface area contributed by atoms with Gasteiger partial charge in [-0.2, -0.15) is 0 Å². The number of nitrogens with one attached hydrogen (secondary N) is 1. The Balaban J connectivity index is 1.95. The third-order valence-corrected chi connectivity index (χ3v) is 2.63. The van der Waals surface area contributed by atoms with Crippen LogP contribution in [-0.4, -0.2) is 22.1 Å². The number of aromatic nitrogens is 3. The molecule has 0 fully saturated rings. The molecule has 0 amide bonds. The fraction of sp³-hybridized carbons (Fsp3) is 0.182. The molecule has 6 heteroatoms. The van der Waals surface area contributed by atoms with E-state index in [-0.39, 0.29) is 0 Å². The lowest BCUT2D eigenvalue weighted by Gasteiger charge is -2.05. The SMILES string of the molecule is COc1ccc(CNc2ncc(I)cn2)cn1. The van der Waals surface area contributed by atoms with Gasteiger partial charge < -0.3 is 10.1 Å². The van der Waals surface area contributed by atoms with E-state index in [0.29, 0.717) is 18.4 Å². The highest BCUT2D eigenvalue weighted by Gasteiger charge is 1.98. The zero-order valence-electron chi connectivity index (χ0n) is 9.22. The zero-order chi connectivity index (χ0) is 12.1. The van der Waals surface area contributed by atoms with Crippen LogP contribution in [0.3, 0.4) is 0 Å². The molecule has 0 unspecified atom stereocenters. The average Bonchev–Trinajstić information content (AvgIpc) is 2.39. The van der Waals surface area contributed by atoms with Gasteiger partial charge >= 0.3 is 0 Å². The number of anilines is 1. The van der Waals surface area contributed by atoms with Crippen molar-refractivity contribution in [1.29, 1.82) is 0 Å². The molecule has 0 aliphatic carbocycles. The number of halogens is 1. The van der Waals surface area contributed by atoms with Crippen molar-refractivity contribution in [1.82, 2.24) is 15.0 Å². The molecule has 0 radical (unpaired) electrons. The van der Waals surface area contributed by atoms with Gasteiger partial charge in [-0.1, -0.05) is 6.07 Å². The molecule has 0 aliphatic heterocycles. The van der Waals surface area contributed by atoms with Crippen molar-refractivity contribution in [2.45, 2.75) is 6.54 Å². The second kappa shape index (κ2) is 5.76. The number of ether oxygens (including phenoxy) is 1. The topological polar surface area (TPSA) is 59.9 Å².